The number of unbranched alkanes of at least 4 members (excludes halogenated alkanes) is 1. The Labute approximate surface area is 118 Å². The second kappa shape index (κ2) is 6.16. The first-order chi connectivity index (χ1) is 9.65. The van der Waals surface area contributed by atoms with Gasteiger partial charge in [0.05, 0.1) is 29.5 Å². The highest BCUT2D eigenvalue weighted by atomic mass is 16.5. The topological polar surface area (TPSA) is 63.0 Å². The number of esters is 1. The van der Waals surface area contributed by atoms with E-state index < -0.39 is 0 Å². The van der Waals surface area contributed by atoms with Crippen LogP contribution >= 0.6 is 0 Å². The summed E-state index contributed by atoms with van der Waals surface area (Å²) in [5, 5.41) is 9.41. The Bertz CT molecular complexity index is 687. The lowest BCUT2D eigenvalue weighted by atomic mass is 10.0. The second-order valence-corrected chi connectivity index (χ2v) is 4.61. The van der Waals surface area contributed by atoms with Crippen molar-refractivity contribution in [3.05, 3.63) is 41.1 Å². The van der Waals surface area contributed by atoms with Gasteiger partial charge in [0.15, 0.2) is 0 Å². The molecule has 0 bridgehead atoms. The number of nitriles is 1. The smallest absolute Gasteiger partial charge is 0.340 e. The summed E-state index contributed by atoms with van der Waals surface area (Å²) in [6, 6.07) is 9.75. The number of hydrogen-bond acceptors (Lipinski definition) is 4. The minimum Gasteiger partial charge on any atom is -0.462 e. The molecule has 0 aliphatic heterocycles. The zero-order valence-corrected chi connectivity index (χ0v) is 11.6. The van der Waals surface area contributed by atoms with Crippen LogP contribution in [0.25, 0.3) is 10.9 Å². The summed E-state index contributed by atoms with van der Waals surface area (Å²) in [6.07, 6.45) is 0.947. The van der Waals surface area contributed by atoms with Crippen molar-refractivity contribution >= 4 is 16.9 Å². The number of nitrogens with zero attached hydrogens (tertiary/aromatic N) is 2. The number of carbonyl (C=O) groups is 1. The molecule has 0 amide bonds. The molecule has 2 aromatic rings. The number of carbonyl (C=O) groups excluding carboxylic acids is 1. The summed E-state index contributed by atoms with van der Waals surface area (Å²) >= 11 is 0. The Hall–Kier alpha value is -2.41. The fraction of sp³-hybridized carbons (Fsp3) is 0.312. The number of para-hydroxylation sites is 1. The standard InChI is InChI=1S/C16H16N2O2/c1-11-13-7-3-4-8-14(13)18-12(2)15(11)16(19)20-10-6-5-9-17/h3-4,7-8H,5-6,10H2,1-2H3. The molecule has 1 heterocycles. The van der Waals surface area contributed by atoms with Crippen LogP contribution in [-0.2, 0) is 4.74 Å². The highest BCUT2D eigenvalue weighted by molar-refractivity contribution is 5.98. The summed E-state index contributed by atoms with van der Waals surface area (Å²) in [5.41, 5.74) is 2.97. The quantitative estimate of drug-likeness (QED) is 0.630. The molecule has 0 aliphatic carbocycles. The Kier molecular flexibility index (Phi) is 4.31. The zero-order chi connectivity index (χ0) is 14.5. The van der Waals surface area contributed by atoms with Crippen LogP contribution in [0.5, 0.6) is 0 Å². The highest BCUT2D eigenvalue weighted by Crippen LogP contribution is 2.23. The summed E-state index contributed by atoms with van der Waals surface area (Å²) in [5.74, 6) is -0.365. The molecule has 0 unspecified atom stereocenters. The van der Waals surface area contributed by atoms with E-state index in [0.717, 1.165) is 16.5 Å². The molecule has 0 spiro atoms. The van der Waals surface area contributed by atoms with E-state index in [1.165, 1.54) is 0 Å². The van der Waals surface area contributed by atoms with Gasteiger partial charge in [-0.1, -0.05) is 18.2 Å². The summed E-state index contributed by atoms with van der Waals surface area (Å²) in [7, 11) is 0. The number of fused-ring (bicyclic) bond motifs is 1. The molecule has 4 nitrogen and oxygen atoms in total. The van der Waals surface area contributed by atoms with Crippen molar-refractivity contribution in [1.29, 1.82) is 5.26 Å². The lowest BCUT2D eigenvalue weighted by Gasteiger charge is -2.11. The van der Waals surface area contributed by atoms with Crippen LogP contribution in [0.1, 0.15) is 34.5 Å². The first kappa shape index (κ1) is 14.0. The molecule has 0 fully saturated rings. The first-order valence-corrected chi connectivity index (χ1v) is 6.55. The minimum absolute atomic E-state index is 0.262. The van der Waals surface area contributed by atoms with Gasteiger partial charge in [-0.3, -0.25) is 4.98 Å². The van der Waals surface area contributed by atoms with Gasteiger partial charge in [0.25, 0.3) is 0 Å². The molecule has 1 aromatic carbocycles. The van der Waals surface area contributed by atoms with Gasteiger partial charge < -0.3 is 4.74 Å². The fourth-order valence-electron chi connectivity index (χ4n) is 2.22. The van der Waals surface area contributed by atoms with Crippen molar-refractivity contribution < 1.29 is 9.53 Å². The van der Waals surface area contributed by atoms with Gasteiger partial charge >= 0.3 is 5.97 Å². The lowest BCUT2D eigenvalue weighted by molar-refractivity contribution is 0.0499. The SMILES string of the molecule is Cc1nc2ccccc2c(C)c1C(=O)OCCCC#N. The van der Waals surface area contributed by atoms with Crippen molar-refractivity contribution in [2.24, 2.45) is 0 Å². The van der Waals surface area contributed by atoms with Crippen molar-refractivity contribution in [3.8, 4) is 6.07 Å². The van der Waals surface area contributed by atoms with Crippen LogP contribution in [0.15, 0.2) is 24.3 Å². The van der Waals surface area contributed by atoms with E-state index in [1.54, 1.807) is 0 Å². The van der Waals surface area contributed by atoms with Crippen molar-refractivity contribution in [3.63, 3.8) is 0 Å². The molecule has 0 atom stereocenters. The van der Waals surface area contributed by atoms with E-state index in [-0.39, 0.29) is 12.6 Å². The van der Waals surface area contributed by atoms with E-state index in [9.17, 15) is 4.79 Å². The number of pyridine rings is 1. The average Bonchev–Trinajstić information content (AvgIpc) is 2.43. The Morgan fingerprint density at radius 3 is 2.85 bits per heavy atom. The molecule has 0 aliphatic rings. The van der Waals surface area contributed by atoms with E-state index in [4.69, 9.17) is 10.00 Å². The van der Waals surface area contributed by atoms with Gasteiger partial charge in [0, 0.05) is 11.8 Å². The third kappa shape index (κ3) is 2.77. The van der Waals surface area contributed by atoms with Gasteiger partial charge in [0.2, 0.25) is 0 Å². The minimum atomic E-state index is -0.365. The number of hydrogen-bond donors (Lipinski definition) is 0. The third-order valence-corrected chi connectivity index (χ3v) is 3.20. The molecule has 4 heteroatoms. The Balaban J connectivity index is 2.30. The van der Waals surface area contributed by atoms with Crippen LogP contribution in [-0.4, -0.2) is 17.6 Å². The summed E-state index contributed by atoms with van der Waals surface area (Å²) < 4.78 is 5.21. The maximum Gasteiger partial charge on any atom is 0.340 e. The first-order valence-electron chi connectivity index (χ1n) is 6.55. The predicted octanol–water partition coefficient (Wildman–Crippen LogP) is 3.31. The van der Waals surface area contributed by atoms with Crippen LogP contribution in [0.3, 0.4) is 0 Å². The van der Waals surface area contributed by atoms with Gasteiger partial charge in [-0.15, -0.1) is 0 Å². The molecular formula is C16H16N2O2. The molecule has 2 rings (SSSR count). The normalized spacial score (nSPS) is 10.2. The number of aromatic nitrogens is 1. The third-order valence-electron chi connectivity index (χ3n) is 3.20. The number of aryl methyl sites for hydroxylation is 2. The largest absolute Gasteiger partial charge is 0.462 e. The predicted molar refractivity (Wildman–Crippen MR) is 76.3 cm³/mol. The molecule has 0 saturated carbocycles. The van der Waals surface area contributed by atoms with E-state index in [0.29, 0.717) is 24.1 Å². The van der Waals surface area contributed by atoms with Gasteiger partial charge in [-0.05, 0) is 31.9 Å². The maximum absolute atomic E-state index is 12.1. The summed E-state index contributed by atoms with van der Waals surface area (Å²) in [4.78, 5) is 16.6. The lowest BCUT2D eigenvalue weighted by Crippen LogP contribution is -2.11. The summed E-state index contributed by atoms with van der Waals surface area (Å²) in [6.45, 7) is 3.98. The van der Waals surface area contributed by atoms with Crippen molar-refractivity contribution in [2.75, 3.05) is 6.61 Å². The van der Waals surface area contributed by atoms with Crippen LogP contribution in [0.4, 0.5) is 0 Å². The monoisotopic (exact) mass is 268 g/mol. The van der Waals surface area contributed by atoms with Crippen LogP contribution in [0, 0.1) is 25.2 Å². The van der Waals surface area contributed by atoms with E-state index >= 15 is 0 Å². The van der Waals surface area contributed by atoms with Gasteiger partial charge in [-0.2, -0.15) is 5.26 Å². The Morgan fingerprint density at radius 2 is 2.10 bits per heavy atom. The number of rotatable bonds is 4. The number of benzene rings is 1. The van der Waals surface area contributed by atoms with E-state index in [2.05, 4.69) is 4.98 Å². The van der Waals surface area contributed by atoms with E-state index in [1.807, 2.05) is 44.2 Å². The molecular weight excluding hydrogens is 252 g/mol. The number of ether oxygens (including phenoxy) is 1. The second-order valence-electron chi connectivity index (χ2n) is 4.61. The van der Waals surface area contributed by atoms with Crippen LogP contribution < -0.4 is 0 Å². The maximum atomic E-state index is 12.1. The highest BCUT2D eigenvalue weighted by Gasteiger charge is 2.17. The fourth-order valence-corrected chi connectivity index (χ4v) is 2.22. The molecule has 0 N–H and O–H groups in total. The molecule has 102 valence electrons. The van der Waals surface area contributed by atoms with Gasteiger partial charge in [-0.25, -0.2) is 4.79 Å². The van der Waals surface area contributed by atoms with Gasteiger partial charge in [0.1, 0.15) is 0 Å². The molecule has 20 heavy (non-hydrogen) atoms. The Morgan fingerprint density at radius 1 is 1.35 bits per heavy atom. The molecule has 0 radical (unpaired) electrons. The zero-order valence-electron chi connectivity index (χ0n) is 11.6. The van der Waals surface area contributed by atoms with Crippen LogP contribution in [0.2, 0.25) is 0 Å². The molecule has 0 saturated heterocycles. The average molecular weight is 268 g/mol. The van der Waals surface area contributed by atoms with Crippen molar-refractivity contribution in [2.45, 2.75) is 26.7 Å². The van der Waals surface area contributed by atoms with Crippen molar-refractivity contribution in [1.82, 2.24) is 4.98 Å². The molecule has 1 aromatic heterocycles.